The van der Waals surface area contributed by atoms with Gasteiger partial charge in [0.15, 0.2) is 0 Å². The molecule has 0 saturated carbocycles. The summed E-state index contributed by atoms with van der Waals surface area (Å²) in [6.45, 7) is 4.11. The van der Waals surface area contributed by atoms with Gasteiger partial charge in [-0.05, 0) is 54.9 Å². The first-order chi connectivity index (χ1) is 10.2. The Morgan fingerprint density at radius 3 is 2.81 bits per heavy atom. The first kappa shape index (κ1) is 16.4. The lowest BCUT2D eigenvalue weighted by atomic mass is 10.2. The topological polar surface area (TPSA) is 21.3 Å². The van der Waals surface area contributed by atoms with E-state index in [1.165, 1.54) is 15.4 Å². The van der Waals surface area contributed by atoms with Gasteiger partial charge in [0.25, 0.3) is 0 Å². The highest BCUT2D eigenvalue weighted by molar-refractivity contribution is 9.10. The van der Waals surface area contributed by atoms with E-state index in [2.05, 4.69) is 58.5 Å². The van der Waals surface area contributed by atoms with Crippen LogP contribution >= 0.6 is 27.7 Å². The summed E-state index contributed by atoms with van der Waals surface area (Å²) in [5.74, 6) is 0.891. The van der Waals surface area contributed by atoms with Gasteiger partial charge in [-0.1, -0.05) is 40.7 Å². The third kappa shape index (κ3) is 5.06. The van der Waals surface area contributed by atoms with Gasteiger partial charge in [0.05, 0.1) is 7.11 Å². The predicted octanol–water partition coefficient (Wildman–Crippen LogP) is 5.11. The van der Waals surface area contributed by atoms with Crippen LogP contribution in [0.2, 0.25) is 0 Å². The lowest BCUT2D eigenvalue weighted by Gasteiger charge is -2.11. The molecule has 0 heterocycles. The molecule has 2 aromatic carbocycles. The number of methoxy groups -OCH3 is 1. The van der Waals surface area contributed by atoms with Crippen molar-refractivity contribution in [1.82, 2.24) is 5.32 Å². The molecule has 0 amide bonds. The Hall–Kier alpha value is -0.970. The quantitative estimate of drug-likeness (QED) is 0.688. The summed E-state index contributed by atoms with van der Waals surface area (Å²) in [6, 6.07) is 14.6. The van der Waals surface area contributed by atoms with Crippen molar-refractivity contribution in [3.05, 3.63) is 52.5 Å². The SMILES string of the molecule is CCCNCc1cc(Br)ccc1Sc1cccc(OC)c1. The summed E-state index contributed by atoms with van der Waals surface area (Å²) in [5, 5.41) is 3.47. The molecule has 0 fully saturated rings. The highest BCUT2D eigenvalue weighted by atomic mass is 79.9. The maximum Gasteiger partial charge on any atom is 0.119 e. The molecule has 0 spiro atoms. The van der Waals surface area contributed by atoms with E-state index in [4.69, 9.17) is 4.74 Å². The van der Waals surface area contributed by atoms with Crippen LogP contribution in [0.15, 0.2) is 56.7 Å². The normalized spacial score (nSPS) is 10.6. The number of rotatable bonds is 7. The molecule has 0 unspecified atom stereocenters. The van der Waals surface area contributed by atoms with Gasteiger partial charge in [0, 0.05) is 20.8 Å². The minimum atomic E-state index is 0.888. The lowest BCUT2D eigenvalue weighted by molar-refractivity contribution is 0.413. The van der Waals surface area contributed by atoms with Gasteiger partial charge in [-0.25, -0.2) is 0 Å². The second kappa shape index (κ2) is 8.47. The van der Waals surface area contributed by atoms with E-state index in [9.17, 15) is 0 Å². The minimum absolute atomic E-state index is 0.888. The number of halogens is 1. The number of benzene rings is 2. The van der Waals surface area contributed by atoms with E-state index in [1.54, 1.807) is 18.9 Å². The average Bonchev–Trinajstić information content (AvgIpc) is 2.50. The third-order valence-corrected chi connectivity index (χ3v) is 4.63. The van der Waals surface area contributed by atoms with Crippen molar-refractivity contribution < 1.29 is 4.74 Å². The highest BCUT2D eigenvalue weighted by Gasteiger charge is 2.06. The van der Waals surface area contributed by atoms with Crippen LogP contribution in [0.3, 0.4) is 0 Å². The Bertz CT molecular complexity index is 589. The molecular formula is C17H20BrNOS. The summed E-state index contributed by atoms with van der Waals surface area (Å²) >= 11 is 5.33. The Morgan fingerprint density at radius 2 is 2.05 bits per heavy atom. The number of nitrogens with one attached hydrogen (secondary N) is 1. The molecule has 0 saturated heterocycles. The van der Waals surface area contributed by atoms with Crippen LogP contribution < -0.4 is 10.1 Å². The average molecular weight is 366 g/mol. The van der Waals surface area contributed by atoms with E-state index in [1.807, 2.05) is 12.1 Å². The summed E-state index contributed by atoms with van der Waals surface area (Å²) in [4.78, 5) is 2.46. The van der Waals surface area contributed by atoms with Crippen molar-refractivity contribution in [1.29, 1.82) is 0 Å². The first-order valence-electron chi connectivity index (χ1n) is 7.04. The van der Waals surface area contributed by atoms with Crippen LogP contribution in [-0.4, -0.2) is 13.7 Å². The first-order valence-corrected chi connectivity index (χ1v) is 8.65. The van der Waals surface area contributed by atoms with Gasteiger partial charge >= 0.3 is 0 Å². The zero-order valence-corrected chi connectivity index (χ0v) is 14.8. The second-order valence-electron chi connectivity index (χ2n) is 4.71. The summed E-state index contributed by atoms with van der Waals surface area (Å²) < 4.78 is 6.40. The lowest BCUT2D eigenvalue weighted by Crippen LogP contribution is -2.14. The monoisotopic (exact) mass is 365 g/mol. The molecule has 0 bridgehead atoms. The van der Waals surface area contributed by atoms with Crippen molar-refractivity contribution in [2.45, 2.75) is 29.7 Å². The van der Waals surface area contributed by atoms with Crippen LogP contribution in [0.4, 0.5) is 0 Å². The molecule has 2 aromatic rings. The Kier molecular flexibility index (Phi) is 6.61. The Morgan fingerprint density at radius 1 is 1.19 bits per heavy atom. The van der Waals surface area contributed by atoms with E-state index in [0.717, 1.165) is 29.7 Å². The van der Waals surface area contributed by atoms with Gasteiger partial charge in [-0.3, -0.25) is 0 Å². The van der Waals surface area contributed by atoms with E-state index < -0.39 is 0 Å². The van der Waals surface area contributed by atoms with E-state index in [0.29, 0.717) is 0 Å². The van der Waals surface area contributed by atoms with Crippen molar-refractivity contribution in [3.63, 3.8) is 0 Å². The molecule has 1 N–H and O–H groups in total. The maximum absolute atomic E-state index is 5.29. The van der Waals surface area contributed by atoms with Gasteiger partial charge in [-0.15, -0.1) is 0 Å². The molecule has 2 nitrogen and oxygen atoms in total. The molecule has 2 rings (SSSR count). The fraction of sp³-hybridized carbons (Fsp3) is 0.294. The molecule has 0 aliphatic heterocycles. The summed E-state index contributed by atoms with van der Waals surface area (Å²) in [5.41, 5.74) is 1.31. The zero-order chi connectivity index (χ0) is 15.1. The Balaban J connectivity index is 2.17. The molecule has 0 atom stereocenters. The third-order valence-electron chi connectivity index (χ3n) is 3.03. The number of hydrogen-bond acceptors (Lipinski definition) is 3. The van der Waals surface area contributed by atoms with Gasteiger partial charge in [0.1, 0.15) is 5.75 Å². The molecule has 0 radical (unpaired) electrons. The van der Waals surface area contributed by atoms with Crippen molar-refractivity contribution in [2.75, 3.05) is 13.7 Å². The standard InChI is InChI=1S/C17H20BrNOS/c1-3-9-19-12-13-10-14(18)7-8-17(13)21-16-6-4-5-15(11-16)20-2/h4-8,10-11,19H,3,9,12H2,1-2H3. The highest BCUT2D eigenvalue weighted by Crippen LogP contribution is 2.33. The summed E-state index contributed by atoms with van der Waals surface area (Å²) in [6.07, 6.45) is 1.15. The smallest absolute Gasteiger partial charge is 0.119 e. The van der Waals surface area contributed by atoms with Crippen LogP contribution in [-0.2, 0) is 6.54 Å². The largest absolute Gasteiger partial charge is 0.497 e. The van der Waals surface area contributed by atoms with Crippen LogP contribution in [0.1, 0.15) is 18.9 Å². The molecule has 21 heavy (non-hydrogen) atoms. The van der Waals surface area contributed by atoms with Crippen LogP contribution in [0.5, 0.6) is 5.75 Å². The Labute approximate surface area is 139 Å². The molecule has 0 aromatic heterocycles. The fourth-order valence-corrected chi connectivity index (χ4v) is 3.36. The number of hydrogen-bond donors (Lipinski definition) is 1. The number of ether oxygens (including phenoxy) is 1. The molecule has 0 aliphatic rings. The molecule has 0 aliphatic carbocycles. The molecular weight excluding hydrogens is 346 g/mol. The van der Waals surface area contributed by atoms with Crippen molar-refractivity contribution in [2.24, 2.45) is 0 Å². The van der Waals surface area contributed by atoms with Crippen molar-refractivity contribution in [3.8, 4) is 5.75 Å². The van der Waals surface area contributed by atoms with Crippen molar-refractivity contribution >= 4 is 27.7 Å². The van der Waals surface area contributed by atoms with Crippen LogP contribution in [0.25, 0.3) is 0 Å². The van der Waals surface area contributed by atoms with Gasteiger partial charge in [-0.2, -0.15) is 0 Å². The minimum Gasteiger partial charge on any atom is -0.497 e. The van der Waals surface area contributed by atoms with Gasteiger partial charge < -0.3 is 10.1 Å². The molecule has 112 valence electrons. The van der Waals surface area contributed by atoms with E-state index >= 15 is 0 Å². The van der Waals surface area contributed by atoms with Gasteiger partial charge in [0.2, 0.25) is 0 Å². The van der Waals surface area contributed by atoms with Crippen LogP contribution in [0, 0.1) is 0 Å². The second-order valence-corrected chi connectivity index (χ2v) is 6.74. The maximum atomic E-state index is 5.29. The fourth-order valence-electron chi connectivity index (χ4n) is 1.98. The summed E-state index contributed by atoms with van der Waals surface area (Å²) in [7, 11) is 1.70. The zero-order valence-electron chi connectivity index (χ0n) is 12.4. The molecule has 4 heteroatoms. The van der Waals surface area contributed by atoms with E-state index in [-0.39, 0.29) is 0 Å². The predicted molar refractivity (Wildman–Crippen MR) is 93.3 cm³/mol.